The van der Waals surface area contributed by atoms with Crippen LogP contribution in [0.2, 0.25) is 5.02 Å². The summed E-state index contributed by atoms with van der Waals surface area (Å²) < 4.78 is 7.31. The number of aryl methyl sites for hydroxylation is 1. The second-order valence-electron chi connectivity index (χ2n) is 6.66. The van der Waals surface area contributed by atoms with Gasteiger partial charge in [0.05, 0.1) is 22.5 Å². The van der Waals surface area contributed by atoms with Crippen molar-refractivity contribution in [3.8, 4) is 17.0 Å². The molecule has 2 aromatic heterocycles. The van der Waals surface area contributed by atoms with Crippen LogP contribution in [0, 0.1) is 12.3 Å². The Balaban J connectivity index is 1.80. The van der Waals surface area contributed by atoms with Crippen molar-refractivity contribution in [1.29, 1.82) is 0 Å². The Hall–Kier alpha value is -1.69. The molecule has 6 heteroatoms. The van der Waals surface area contributed by atoms with Gasteiger partial charge in [-0.1, -0.05) is 18.5 Å². The number of nitrogens with one attached hydrogen (secondary N) is 1. The van der Waals surface area contributed by atoms with E-state index in [1.807, 2.05) is 30.5 Å². The molecular formula is C18H18ClN3OS. The van der Waals surface area contributed by atoms with Crippen molar-refractivity contribution < 1.29 is 4.74 Å². The fourth-order valence-corrected chi connectivity index (χ4v) is 4.10. The van der Waals surface area contributed by atoms with Crippen molar-refractivity contribution in [2.24, 2.45) is 5.41 Å². The van der Waals surface area contributed by atoms with Crippen molar-refractivity contribution in [3.63, 3.8) is 0 Å². The van der Waals surface area contributed by atoms with E-state index < -0.39 is 0 Å². The summed E-state index contributed by atoms with van der Waals surface area (Å²) in [7, 11) is 0. The maximum Gasteiger partial charge on any atom is 0.131 e. The Morgan fingerprint density at radius 2 is 2.17 bits per heavy atom. The lowest BCUT2D eigenvalue weighted by atomic mass is 9.85. The first-order valence-corrected chi connectivity index (χ1v) is 9.14. The summed E-state index contributed by atoms with van der Waals surface area (Å²) in [5.41, 5.74) is 3.98. The van der Waals surface area contributed by atoms with E-state index in [0.29, 0.717) is 11.6 Å². The molecule has 0 atom stereocenters. The van der Waals surface area contributed by atoms with Gasteiger partial charge in [0.1, 0.15) is 12.1 Å². The van der Waals surface area contributed by atoms with Crippen molar-refractivity contribution in [1.82, 2.24) is 15.3 Å². The Morgan fingerprint density at radius 1 is 1.33 bits per heavy atom. The van der Waals surface area contributed by atoms with Crippen molar-refractivity contribution in [2.45, 2.75) is 13.8 Å². The van der Waals surface area contributed by atoms with Gasteiger partial charge in [0.2, 0.25) is 0 Å². The largest absolute Gasteiger partial charge is 0.492 e. The summed E-state index contributed by atoms with van der Waals surface area (Å²) in [5.74, 6) is 0.862. The third-order valence-electron chi connectivity index (χ3n) is 4.41. The highest BCUT2D eigenvalue weighted by molar-refractivity contribution is 7.17. The molecule has 4 nitrogen and oxygen atoms in total. The topological polar surface area (TPSA) is 47.0 Å². The minimum absolute atomic E-state index is 0.188. The molecule has 0 spiro atoms. The van der Waals surface area contributed by atoms with Gasteiger partial charge in [0.25, 0.3) is 0 Å². The van der Waals surface area contributed by atoms with E-state index >= 15 is 0 Å². The van der Waals surface area contributed by atoms with Crippen molar-refractivity contribution in [2.75, 3.05) is 19.7 Å². The number of rotatable bonds is 4. The fourth-order valence-electron chi connectivity index (χ4n) is 2.98. The number of aromatic nitrogens is 2. The highest BCUT2D eigenvalue weighted by Gasteiger charge is 2.33. The summed E-state index contributed by atoms with van der Waals surface area (Å²) >= 11 is 7.95. The van der Waals surface area contributed by atoms with Crippen LogP contribution in [0.1, 0.15) is 12.5 Å². The first-order valence-electron chi connectivity index (χ1n) is 7.88. The first-order chi connectivity index (χ1) is 11.6. The molecule has 1 aliphatic rings. The van der Waals surface area contributed by atoms with Gasteiger partial charge in [0, 0.05) is 29.1 Å². The van der Waals surface area contributed by atoms with Crippen LogP contribution in [-0.4, -0.2) is 29.7 Å². The average Bonchev–Trinajstić information content (AvgIpc) is 3.00. The van der Waals surface area contributed by atoms with E-state index in [-0.39, 0.29) is 5.41 Å². The Morgan fingerprint density at radius 3 is 2.92 bits per heavy atom. The van der Waals surface area contributed by atoms with Crippen LogP contribution in [0.3, 0.4) is 0 Å². The number of nitrogens with zero attached hydrogens (tertiary/aromatic N) is 2. The zero-order valence-corrected chi connectivity index (χ0v) is 15.2. The average molecular weight is 360 g/mol. The fraction of sp³-hybridized carbons (Fsp3) is 0.333. The number of hydrogen-bond donors (Lipinski definition) is 1. The Kier molecular flexibility index (Phi) is 3.95. The standard InChI is InChI=1S/C18H18ClN3OS/c1-11-5-12(19)6-13(16(11)23-9-18(2)7-20-8-18)15-17-14(3-4-24-17)21-10-22-15/h3-6,10,20H,7-9H2,1-2H3. The van der Waals surface area contributed by atoms with Gasteiger partial charge in [-0.25, -0.2) is 9.97 Å². The van der Waals surface area contributed by atoms with Gasteiger partial charge < -0.3 is 10.1 Å². The molecular weight excluding hydrogens is 342 g/mol. The molecule has 1 aliphatic heterocycles. The highest BCUT2D eigenvalue weighted by Crippen LogP contribution is 2.39. The summed E-state index contributed by atoms with van der Waals surface area (Å²) in [6.45, 7) is 6.90. The number of benzene rings is 1. The van der Waals surface area contributed by atoms with Gasteiger partial charge in [0.15, 0.2) is 0 Å². The van der Waals surface area contributed by atoms with Crippen LogP contribution < -0.4 is 10.1 Å². The molecule has 3 aromatic rings. The zero-order chi connectivity index (χ0) is 16.7. The van der Waals surface area contributed by atoms with Crippen molar-refractivity contribution in [3.05, 3.63) is 40.5 Å². The monoisotopic (exact) mass is 359 g/mol. The second kappa shape index (κ2) is 5.99. The van der Waals surface area contributed by atoms with E-state index in [0.717, 1.165) is 45.9 Å². The van der Waals surface area contributed by atoms with Gasteiger partial charge >= 0.3 is 0 Å². The lowest BCUT2D eigenvalue weighted by Crippen LogP contribution is -2.54. The molecule has 0 saturated carbocycles. The van der Waals surface area contributed by atoms with Crippen molar-refractivity contribution >= 4 is 33.2 Å². The van der Waals surface area contributed by atoms with Crippen LogP contribution in [0.15, 0.2) is 29.9 Å². The summed E-state index contributed by atoms with van der Waals surface area (Å²) in [4.78, 5) is 8.85. The number of hydrogen-bond acceptors (Lipinski definition) is 5. The van der Waals surface area contributed by atoms with Gasteiger partial charge in [-0.2, -0.15) is 0 Å². The highest BCUT2D eigenvalue weighted by atomic mass is 35.5. The maximum absolute atomic E-state index is 6.32. The first kappa shape index (κ1) is 15.8. The Bertz CT molecular complexity index is 904. The molecule has 1 N–H and O–H groups in total. The second-order valence-corrected chi connectivity index (χ2v) is 8.01. The molecule has 0 radical (unpaired) electrons. The molecule has 0 amide bonds. The van der Waals surface area contributed by atoms with E-state index in [4.69, 9.17) is 16.3 Å². The molecule has 1 saturated heterocycles. The van der Waals surface area contributed by atoms with E-state index in [1.165, 1.54) is 0 Å². The minimum atomic E-state index is 0.188. The smallest absolute Gasteiger partial charge is 0.131 e. The third kappa shape index (κ3) is 2.77. The van der Waals surface area contributed by atoms with Crippen LogP contribution >= 0.6 is 22.9 Å². The molecule has 0 unspecified atom stereocenters. The SMILES string of the molecule is Cc1cc(Cl)cc(-c2ncnc3ccsc23)c1OCC1(C)CNC1. The van der Waals surface area contributed by atoms with E-state index in [2.05, 4.69) is 22.2 Å². The molecule has 0 bridgehead atoms. The normalized spacial score (nSPS) is 16.1. The molecule has 1 fully saturated rings. The molecule has 124 valence electrons. The van der Waals surface area contributed by atoms with Gasteiger partial charge in [-0.15, -0.1) is 11.3 Å². The number of thiophene rings is 1. The van der Waals surface area contributed by atoms with Gasteiger partial charge in [-0.3, -0.25) is 0 Å². The predicted octanol–water partition coefficient (Wildman–Crippen LogP) is 4.31. The third-order valence-corrected chi connectivity index (χ3v) is 5.53. The molecule has 0 aliphatic carbocycles. The molecule has 4 rings (SSSR count). The van der Waals surface area contributed by atoms with Crippen LogP contribution in [0.25, 0.3) is 21.5 Å². The van der Waals surface area contributed by atoms with E-state index in [1.54, 1.807) is 17.7 Å². The number of ether oxygens (including phenoxy) is 1. The molecule has 24 heavy (non-hydrogen) atoms. The summed E-state index contributed by atoms with van der Waals surface area (Å²) in [6, 6.07) is 5.88. The summed E-state index contributed by atoms with van der Waals surface area (Å²) in [6.07, 6.45) is 1.60. The quantitative estimate of drug-likeness (QED) is 0.754. The summed E-state index contributed by atoms with van der Waals surface area (Å²) in [5, 5.41) is 6.03. The number of halogens is 1. The predicted molar refractivity (Wildman–Crippen MR) is 99.1 cm³/mol. The van der Waals surface area contributed by atoms with Crippen LogP contribution in [-0.2, 0) is 0 Å². The molecule has 1 aromatic carbocycles. The Labute approximate surface area is 149 Å². The lowest BCUT2D eigenvalue weighted by Gasteiger charge is -2.39. The lowest BCUT2D eigenvalue weighted by molar-refractivity contribution is 0.102. The zero-order valence-electron chi connectivity index (χ0n) is 13.6. The number of fused-ring (bicyclic) bond motifs is 1. The maximum atomic E-state index is 6.32. The molecule has 3 heterocycles. The van der Waals surface area contributed by atoms with Crippen LogP contribution in [0.5, 0.6) is 5.75 Å². The van der Waals surface area contributed by atoms with Crippen LogP contribution in [0.4, 0.5) is 0 Å². The van der Waals surface area contributed by atoms with E-state index in [9.17, 15) is 0 Å². The minimum Gasteiger partial charge on any atom is -0.492 e. The van der Waals surface area contributed by atoms with Gasteiger partial charge in [-0.05, 0) is 36.1 Å².